The zero-order chi connectivity index (χ0) is 10.8. The van der Waals surface area contributed by atoms with Gasteiger partial charge >= 0.3 is 0 Å². The summed E-state index contributed by atoms with van der Waals surface area (Å²) in [4.78, 5) is 7.06. The van der Waals surface area contributed by atoms with Crippen molar-refractivity contribution in [3.63, 3.8) is 0 Å². The second kappa shape index (κ2) is 4.39. The van der Waals surface area contributed by atoms with Crippen LogP contribution in [0, 0.1) is 0 Å². The van der Waals surface area contributed by atoms with Gasteiger partial charge < -0.3 is 9.64 Å². The zero-order valence-electron chi connectivity index (χ0n) is 9.03. The third-order valence-electron chi connectivity index (χ3n) is 2.66. The molecule has 3 nitrogen and oxygen atoms in total. The van der Waals surface area contributed by atoms with Gasteiger partial charge in [-0.25, -0.2) is 4.98 Å². The summed E-state index contributed by atoms with van der Waals surface area (Å²) in [6.45, 7) is 3.84. The van der Waals surface area contributed by atoms with Gasteiger partial charge in [0.1, 0.15) is 11.6 Å². The molecule has 0 N–H and O–H groups in total. The van der Waals surface area contributed by atoms with Crippen LogP contribution >= 0.6 is 15.9 Å². The molecular formula is C11H15BrN2O. The number of anilines is 1. The van der Waals surface area contributed by atoms with Crippen LogP contribution in [0.15, 0.2) is 12.1 Å². The molecule has 1 unspecified atom stereocenters. The van der Waals surface area contributed by atoms with E-state index in [1.165, 1.54) is 0 Å². The second-order valence-corrected chi connectivity index (χ2v) is 4.78. The van der Waals surface area contributed by atoms with E-state index in [1.54, 1.807) is 0 Å². The number of hydrogen-bond donors (Lipinski definition) is 0. The van der Waals surface area contributed by atoms with E-state index in [0.717, 1.165) is 36.8 Å². The molecule has 0 fully saturated rings. The van der Waals surface area contributed by atoms with Gasteiger partial charge in [0.05, 0.1) is 17.1 Å². The highest BCUT2D eigenvalue weighted by Gasteiger charge is 2.21. The van der Waals surface area contributed by atoms with Crippen LogP contribution < -0.4 is 9.64 Å². The van der Waals surface area contributed by atoms with Gasteiger partial charge in [-0.1, -0.05) is 15.9 Å². The van der Waals surface area contributed by atoms with E-state index in [9.17, 15) is 0 Å². The second-order valence-electron chi connectivity index (χ2n) is 3.67. The van der Waals surface area contributed by atoms with Crippen molar-refractivity contribution >= 4 is 21.7 Å². The monoisotopic (exact) mass is 270 g/mol. The minimum atomic E-state index is 0.325. The van der Waals surface area contributed by atoms with E-state index in [1.807, 2.05) is 19.2 Å². The van der Waals surface area contributed by atoms with Crippen LogP contribution in [0.2, 0.25) is 0 Å². The maximum absolute atomic E-state index is 5.55. The molecule has 0 aromatic carbocycles. The zero-order valence-corrected chi connectivity index (χ0v) is 10.6. The SMILES string of the molecule is CCN(C)c1ccc2c(n1)C(Br)CCO2. The fourth-order valence-corrected chi connectivity index (χ4v) is 2.10. The molecule has 0 spiro atoms. The lowest BCUT2D eigenvalue weighted by atomic mass is 10.1. The Balaban J connectivity index is 2.35. The molecule has 1 atom stereocenters. The smallest absolute Gasteiger partial charge is 0.142 e. The number of rotatable bonds is 2. The van der Waals surface area contributed by atoms with E-state index < -0.39 is 0 Å². The van der Waals surface area contributed by atoms with Crippen molar-refractivity contribution in [3.05, 3.63) is 17.8 Å². The summed E-state index contributed by atoms with van der Waals surface area (Å²) < 4.78 is 5.55. The van der Waals surface area contributed by atoms with Crippen molar-refractivity contribution in [2.45, 2.75) is 18.2 Å². The predicted octanol–water partition coefficient (Wildman–Crippen LogP) is 2.76. The first-order chi connectivity index (χ1) is 7.22. The lowest BCUT2D eigenvalue weighted by Crippen LogP contribution is -2.19. The molecule has 0 amide bonds. The van der Waals surface area contributed by atoms with Crippen LogP contribution in [-0.4, -0.2) is 25.2 Å². The molecule has 1 aromatic rings. The number of alkyl halides is 1. The lowest BCUT2D eigenvalue weighted by molar-refractivity contribution is 0.284. The molecule has 1 aromatic heterocycles. The third kappa shape index (κ3) is 2.09. The normalized spacial score (nSPS) is 19.3. The first-order valence-electron chi connectivity index (χ1n) is 5.21. The highest BCUT2D eigenvalue weighted by molar-refractivity contribution is 9.09. The Morgan fingerprint density at radius 3 is 3.13 bits per heavy atom. The summed E-state index contributed by atoms with van der Waals surface area (Å²) in [6.07, 6.45) is 0.985. The first kappa shape index (κ1) is 10.7. The van der Waals surface area contributed by atoms with Crippen LogP contribution in [0.3, 0.4) is 0 Å². The summed E-state index contributed by atoms with van der Waals surface area (Å²) in [5.74, 6) is 1.92. The van der Waals surface area contributed by atoms with E-state index in [4.69, 9.17) is 4.74 Å². The standard InChI is InChI=1S/C11H15BrN2O/c1-3-14(2)10-5-4-9-11(13-10)8(12)6-7-15-9/h4-5,8H,3,6-7H2,1-2H3. The molecule has 0 saturated carbocycles. The molecule has 2 heterocycles. The molecule has 2 rings (SSSR count). The number of halogens is 1. The summed E-state index contributed by atoms with van der Waals surface area (Å²) in [5, 5.41) is 0. The average Bonchev–Trinajstić information content (AvgIpc) is 2.28. The van der Waals surface area contributed by atoms with Crippen LogP contribution in [0.25, 0.3) is 0 Å². The minimum absolute atomic E-state index is 0.325. The summed E-state index contributed by atoms with van der Waals surface area (Å²) in [6, 6.07) is 4.02. The van der Waals surface area contributed by atoms with Crippen molar-refractivity contribution in [2.24, 2.45) is 0 Å². The fraction of sp³-hybridized carbons (Fsp3) is 0.545. The van der Waals surface area contributed by atoms with Gasteiger partial charge in [0.15, 0.2) is 0 Å². The highest BCUT2D eigenvalue weighted by atomic mass is 79.9. The third-order valence-corrected chi connectivity index (χ3v) is 3.55. The summed E-state index contributed by atoms with van der Waals surface area (Å²) in [5.41, 5.74) is 1.03. The van der Waals surface area contributed by atoms with E-state index in [-0.39, 0.29) is 0 Å². The first-order valence-corrected chi connectivity index (χ1v) is 6.13. The molecule has 15 heavy (non-hydrogen) atoms. The maximum atomic E-state index is 5.55. The van der Waals surface area contributed by atoms with Gasteiger partial charge in [-0.05, 0) is 25.5 Å². The molecule has 0 saturated heterocycles. The van der Waals surface area contributed by atoms with Crippen molar-refractivity contribution < 1.29 is 4.74 Å². The Hall–Kier alpha value is -0.770. The van der Waals surface area contributed by atoms with Crippen molar-refractivity contribution in [1.82, 2.24) is 4.98 Å². The lowest BCUT2D eigenvalue weighted by Gasteiger charge is -2.23. The predicted molar refractivity (Wildman–Crippen MR) is 65.0 cm³/mol. The van der Waals surface area contributed by atoms with Gasteiger partial charge in [0.25, 0.3) is 0 Å². The summed E-state index contributed by atoms with van der Waals surface area (Å²) in [7, 11) is 2.04. The Morgan fingerprint density at radius 1 is 1.60 bits per heavy atom. The Labute approximate surface area is 98.6 Å². The van der Waals surface area contributed by atoms with E-state index in [2.05, 4.69) is 32.7 Å². The quantitative estimate of drug-likeness (QED) is 0.773. The average molecular weight is 271 g/mol. The van der Waals surface area contributed by atoms with E-state index >= 15 is 0 Å². The number of nitrogens with zero attached hydrogens (tertiary/aromatic N) is 2. The van der Waals surface area contributed by atoms with Crippen LogP contribution in [0.5, 0.6) is 5.75 Å². The van der Waals surface area contributed by atoms with Gasteiger partial charge in [-0.15, -0.1) is 0 Å². The fourth-order valence-electron chi connectivity index (χ4n) is 1.58. The van der Waals surface area contributed by atoms with Gasteiger partial charge in [0, 0.05) is 13.6 Å². The molecule has 4 heteroatoms. The number of aromatic nitrogens is 1. The Kier molecular flexibility index (Phi) is 3.14. The number of pyridine rings is 1. The molecule has 0 radical (unpaired) electrons. The molecular weight excluding hydrogens is 256 g/mol. The minimum Gasteiger partial charge on any atom is -0.492 e. The molecule has 0 aliphatic carbocycles. The van der Waals surface area contributed by atoms with Gasteiger partial charge in [-0.2, -0.15) is 0 Å². The van der Waals surface area contributed by atoms with Gasteiger partial charge in [-0.3, -0.25) is 0 Å². The van der Waals surface area contributed by atoms with Crippen LogP contribution in [0.1, 0.15) is 23.9 Å². The van der Waals surface area contributed by atoms with Crippen molar-refractivity contribution in [1.29, 1.82) is 0 Å². The van der Waals surface area contributed by atoms with E-state index in [0.29, 0.717) is 4.83 Å². The van der Waals surface area contributed by atoms with Gasteiger partial charge in [0.2, 0.25) is 0 Å². The number of hydrogen-bond acceptors (Lipinski definition) is 3. The van der Waals surface area contributed by atoms with Crippen LogP contribution in [-0.2, 0) is 0 Å². The molecule has 82 valence electrons. The van der Waals surface area contributed by atoms with Crippen molar-refractivity contribution in [2.75, 3.05) is 25.1 Å². The Morgan fingerprint density at radius 2 is 2.40 bits per heavy atom. The largest absolute Gasteiger partial charge is 0.492 e. The molecule has 0 bridgehead atoms. The molecule has 1 aliphatic heterocycles. The number of fused-ring (bicyclic) bond motifs is 1. The Bertz CT molecular complexity index is 356. The van der Waals surface area contributed by atoms with Crippen LogP contribution in [0.4, 0.5) is 5.82 Å². The topological polar surface area (TPSA) is 25.4 Å². The highest BCUT2D eigenvalue weighted by Crippen LogP contribution is 2.37. The molecule has 1 aliphatic rings. The number of ether oxygens (including phenoxy) is 1. The van der Waals surface area contributed by atoms with Crippen molar-refractivity contribution in [3.8, 4) is 5.75 Å². The maximum Gasteiger partial charge on any atom is 0.142 e. The summed E-state index contributed by atoms with van der Waals surface area (Å²) >= 11 is 3.63.